The van der Waals surface area contributed by atoms with Crippen LogP contribution in [0.25, 0.3) is 11.5 Å². The molecule has 33 heavy (non-hydrogen) atoms. The highest BCUT2D eigenvalue weighted by molar-refractivity contribution is 7.99. The lowest BCUT2D eigenvalue weighted by atomic mass is 10.2. The number of thioether (sulfide) groups is 1. The standard InChI is InChI=1S/C23H20N4O4S2/c1-33(29,30)26-18-14-12-17(13-15-18)22-24-25-23(31-22)32-16-21(28)27(19-8-4-2-5-9-19)20-10-6-3-7-11-20/h2-15,26H,16H2,1H3. The smallest absolute Gasteiger partial charge is 0.277 e. The fraction of sp³-hybridized carbons (Fsp3) is 0.0870. The molecule has 8 nitrogen and oxygen atoms in total. The Morgan fingerprint density at radius 3 is 2.03 bits per heavy atom. The van der Waals surface area contributed by atoms with Gasteiger partial charge in [0.1, 0.15) is 0 Å². The number of carbonyl (C=O) groups is 1. The number of aromatic nitrogens is 2. The molecule has 1 aromatic heterocycles. The molecule has 0 aliphatic carbocycles. The van der Waals surface area contributed by atoms with Gasteiger partial charge in [0.2, 0.25) is 21.8 Å². The molecule has 10 heteroatoms. The van der Waals surface area contributed by atoms with E-state index in [0.29, 0.717) is 11.3 Å². The summed E-state index contributed by atoms with van der Waals surface area (Å²) in [5.41, 5.74) is 2.60. The zero-order valence-corrected chi connectivity index (χ0v) is 19.2. The van der Waals surface area contributed by atoms with E-state index < -0.39 is 10.0 Å². The minimum Gasteiger partial charge on any atom is -0.411 e. The van der Waals surface area contributed by atoms with E-state index in [0.717, 1.165) is 29.4 Å². The summed E-state index contributed by atoms with van der Waals surface area (Å²) in [6.45, 7) is 0. The third-order valence-electron chi connectivity index (χ3n) is 4.44. The Kier molecular flexibility index (Phi) is 6.76. The van der Waals surface area contributed by atoms with E-state index in [9.17, 15) is 13.2 Å². The molecule has 0 unspecified atom stereocenters. The summed E-state index contributed by atoms with van der Waals surface area (Å²) < 4.78 is 30.7. The molecule has 4 rings (SSSR count). The fourth-order valence-electron chi connectivity index (χ4n) is 3.06. The summed E-state index contributed by atoms with van der Waals surface area (Å²) in [7, 11) is -3.35. The van der Waals surface area contributed by atoms with Crippen molar-refractivity contribution in [2.24, 2.45) is 0 Å². The summed E-state index contributed by atoms with van der Waals surface area (Å²) >= 11 is 1.15. The van der Waals surface area contributed by atoms with Crippen LogP contribution in [-0.4, -0.2) is 36.5 Å². The van der Waals surface area contributed by atoms with E-state index in [-0.39, 0.29) is 22.8 Å². The molecule has 0 bridgehead atoms. The van der Waals surface area contributed by atoms with Gasteiger partial charge in [-0.15, -0.1) is 10.2 Å². The molecule has 0 spiro atoms. The number of nitrogens with one attached hydrogen (secondary N) is 1. The first-order chi connectivity index (χ1) is 15.9. The topological polar surface area (TPSA) is 105 Å². The van der Waals surface area contributed by atoms with Crippen LogP contribution >= 0.6 is 11.8 Å². The van der Waals surface area contributed by atoms with Crippen LogP contribution in [0, 0.1) is 0 Å². The lowest BCUT2D eigenvalue weighted by Crippen LogP contribution is -2.27. The van der Waals surface area contributed by atoms with E-state index in [1.807, 2.05) is 60.7 Å². The van der Waals surface area contributed by atoms with Gasteiger partial charge in [0.25, 0.3) is 5.22 Å². The maximum Gasteiger partial charge on any atom is 0.277 e. The zero-order chi connectivity index (χ0) is 23.3. The number of nitrogens with zero attached hydrogens (tertiary/aromatic N) is 3. The quantitative estimate of drug-likeness (QED) is 0.368. The highest BCUT2D eigenvalue weighted by atomic mass is 32.2. The third-order valence-corrected chi connectivity index (χ3v) is 5.85. The monoisotopic (exact) mass is 480 g/mol. The maximum absolute atomic E-state index is 13.1. The van der Waals surface area contributed by atoms with Crippen LogP contribution in [0.15, 0.2) is 94.6 Å². The fourth-order valence-corrected chi connectivity index (χ4v) is 4.24. The Labute approximate surface area is 195 Å². The maximum atomic E-state index is 13.1. The number of para-hydroxylation sites is 2. The molecule has 1 N–H and O–H groups in total. The molecular weight excluding hydrogens is 460 g/mol. The SMILES string of the molecule is CS(=O)(=O)Nc1ccc(-c2nnc(SCC(=O)N(c3ccccc3)c3ccccc3)o2)cc1. The van der Waals surface area contributed by atoms with Gasteiger partial charge in [-0.3, -0.25) is 14.4 Å². The van der Waals surface area contributed by atoms with Gasteiger partial charge in [0, 0.05) is 22.6 Å². The lowest BCUT2D eigenvalue weighted by Gasteiger charge is -2.22. The number of carbonyl (C=O) groups excluding carboxylic acids is 1. The molecule has 0 radical (unpaired) electrons. The molecular formula is C23H20N4O4S2. The van der Waals surface area contributed by atoms with E-state index in [1.165, 1.54) is 0 Å². The van der Waals surface area contributed by atoms with E-state index in [4.69, 9.17) is 4.42 Å². The predicted molar refractivity (Wildman–Crippen MR) is 129 cm³/mol. The average Bonchev–Trinajstić information content (AvgIpc) is 3.28. The van der Waals surface area contributed by atoms with Crippen LogP contribution in [0.3, 0.4) is 0 Å². The molecule has 4 aromatic rings. The summed E-state index contributed by atoms with van der Waals surface area (Å²) in [5, 5.41) is 8.31. The third kappa shape index (κ3) is 5.99. The van der Waals surface area contributed by atoms with Crippen molar-refractivity contribution in [2.75, 3.05) is 21.6 Å². The minimum atomic E-state index is -3.35. The van der Waals surface area contributed by atoms with Crippen molar-refractivity contribution < 1.29 is 17.6 Å². The first-order valence-electron chi connectivity index (χ1n) is 9.87. The van der Waals surface area contributed by atoms with Crippen LogP contribution < -0.4 is 9.62 Å². The van der Waals surface area contributed by atoms with Crippen molar-refractivity contribution in [3.05, 3.63) is 84.9 Å². The Hall–Kier alpha value is -3.63. The number of anilines is 3. The van der Waals surface area contributed by atoms with Gasteiger partial charge >= 0.3 is 0 Å². The summed E-state index contributed by atoms with van der Waals surface area (Å²) in [5.74, 6) is 0.245. The summed E-state index contributed by atoms with van der Waals surface area (Å²) in [6.07, 6.45) is 1.08. The Bertz CT molecular complexity index is 1290. The Morgan fingerprint density at radius 1 is 0.909 bits per heavy atom. The second-order valence-electron chi connectivity index (χ2n) is 7.01. The average molecular weight is 481 g/mol. The number of sulfonamides is 1. The number of hydrogen-bond donors (Lipinski definition) is 1. The second kappa shape index (κ2) is 9.88. The first-order valence-corrected chi connectivity index (χ1v) is 12.7. The molecule has 1 amide bonds. The molecule has 0 aliphatic rings. The van der Waals surface area contributed by atoms with Crippen LogP contribution in [0.1, 0.15) is 0 Å². The Balaban J connectivity index is 1.45. The van der Waals surface area contributed by atoms with E-state index in [2.05, 4.69) is 14.9 Å². The first kappa shape index (κ1) is 22.6. The number of hydrogen-bond acceptors (Lipinski definition) is 7. The minimum absolute atomic E-state index is 0.0998. The second-order valence-corrected chi connectivity index (χ2v) is 9.69. The van der Waals surface area contributed by atoms with Gasteiger partial charge < -0.3 is 4.42 Å². The van der Waals surface area contributed by atoms with Gasteiger partial charge in [-0.25, -0.2) is 8.42 Å². The molecule has 1 heterocycles. The Morgan fingerprint density at radius 2 is 1.48 bits per heavy atom. The largest absolute Gasteiger partial charge is 0.411 e. The van der Waals surface area contributed by atoms with Crippen molar-refractivity contribution in [2.45, 2.75) is 5.22 Å². The molecule has 0 saturated carbocycles. The van der Waals surface area contributed by atoms with Crippen LogP contribution in [-0.2, 0) is 14.8 Å². The number of benzene rings is 3. The van der Waals surface area contributed by atoms with E-state index in [1.54, 1.807) is 29.2 Å². The zero-order valence-electron chi connectivity index (χ0n) is 17.6. The van der Waals surface area contributed by atoms with Crippen molar-refractivity contribution >= 4 is 44.8 Å². The summed E-state index contributed by atoms with van der Waals surface area (Å²) in [4.78, 5) is 14.8. The van der Waals surface area contributed by atoms with Gasteiger partial charge in [-0.1, -0.05) is 48.2 Å². The van der Waals surface area contributed by atoms with Crippen LogP contribution in [0.5, 0.6) is 0 Å². The molecule has 0 atom stereocenters. The number of rotatable bonds is 8. The number of amides is 1. The van der Waals surface area contributed by atoms with Crippen molar-refractivity contribution in [3.63, 3.8) is 0 Å². The van der Waals surface area contributed by atoms with Gasteiger partial charge in [-0.05, 0) is 48.5 Å². The predicted octanol–water partition coefficient (Wildman–Crippen LogP) is 4.57. The summed E-state index contributed by atoms with van der Waals surface area (Å²) in [6, 6.07) is 25.4. The van der Waals surface area contributed by atoms with Gasteiger partial charge in [0.05, 0.1) is 12.0 Å². The van der Waals surface area contributed by atoms with Gasteiger partial charge in [-0.2, -0.15) is 0 Å². The molecule has 0 saturated heterocycles. The van der Waals surface area contributed by atoms with Gasteiger partial charge in [0.15, 0.2) is 0 Å². The van der Waals surface area contributed by atoms with Crippen LogP contribution in [0.2, 0.25) is 0 Å². The van der Waals surface area contributed by atoms with Crippen molar-refractivity contribution in [1.82, 2.24) is 10.2 Å². The highest BCUT2D eigenvalue weighted by Gasteiger charge is 2.19. The molecule has 168 valence electrons. The van der Waals surface area contributed by atoms with Crippen molar-refractivity contribution in [3.8, 4) is 11.5 Å². The highest BCUT2D eigenvalue weighted by Crippen LogP contribution is 2.28. The lowest BCUT2D eigenvalue weighted by molar-refractivity contribution is -0.115. The normalized spacial score (nSPS) is 11.2. The molecule has 0 aliphatic heterocycles. The molecule has 0 fully saturated rings. The van der Waals surface area contributed by atoms with Crippen molar-refractivity contribution in [1.29, 1.82) is 0 Å². The van der Waals surface area contributed by atoms with E-state index >= 15 is 0 Å². The van der Waals surface area contributed by atoms with Crippen LogP contribution in [0.4, 0.5) is 17.1 Å². The molecule has 3 aromatic carbocycles.